The van der Waals surface area contributed by atoms with Gasteiger partial charge in [-0.05, 0) is 24.6 Å². The summed E-state index contributed by atoms with van der Waals surface area (Å²) in [5, 5.41) is 0. The molecule has 0 bridgehead atoms. The number of hydrogen-bond donors (Lipinski definition) is 0. The van der Waals surface area contributed by atoms with Gasteiger partial charge in [-0.2, -0.15) is 13.2 Å². The molecule has 1 rings (SSSR count). The fraction of sp³-hybridized carbons (Fsp3) is 0.417. The molecule has 0 heterocycles. The van der Waals surface area contributed by atoms with Gasteiger partial charge in [-0.3, -0.25) is 4.79 Å². The molecule has 0 aliphatic heterocycles. The van der Waals surface area contributed by atoms with E-state index in [9.17, 15) is 22.4 Å². The van der Waals surface area contributed by atoms with Crippen molar-refractivity contribution in [3.05, 3.63) is 29.6 Å². The first-order chi connectivity index (χ1) is 8.36. The quantitative estimate of drug-likeness (QED) is 0.460. The van der Waals surface area contributed by atoms with Gasteiger partial charge >= 0.3 is 6.18 Å². The highest BCUT2D eigenvalue weighted by Gasteiger charge is 2.39. The lowest BCUT2D eigenvalue weighted by Gasteiger charge is -2.09. The zero-order valence-electron chi connectivity index (χ0n) is 9.68. The molecular weight excluding hydrogens is 252 g/mol. The lowest BCUT2D eigenvalue weighted by Crippen LogP contribution is -2.22. The summed E-state index contributed by atoms with van der Waals surface area (Å²) >= 11 is 0. The van der Waals surface area contributed by atoms with Gasteiger partial charge in [0.25, 0.3) is 5.78 Å². The zero-order valence-corrected chi connectivity index (χ0v) is 9.68. The molecule has 0 atom stereocenters. The number of carbonyl (C=O) groups excluding carboxylic acids is 1. The van der Waals surface area contributed by atoms with Crippen molar-refractivity contribution in [3.63, 3.8) is 0 Å². The van der Waals surface area contributed by atoms with Gasteiger partial charge in [0, 0.05) is 5.56 Å². The monoisotopic (exact) mass is 264 g/mol. The van der Waals surface area contributed by atoms with E-state index in [-0.39, 0.29) is 12.4 Å². The van der Waals surface area contributed by atoms with Gasteiger partial charge < -0.3 is 4.74 Å². The van der Waals surface area contributed by atoms with Crippen molar-refractivity contribution in [2.45, 2.75) is 25.9 Å². The molecule has 1 aromatic carbocycles. The molecule has 0 amide bonds. The summed E-state index contributed by atoms with van der Waals surface area (Å²) < 4.78 is 54.7. The minimum absolute atomic E-state index is 0.151. The summed E-state index contributed by atoms with van der Waals surface area (Å²) in [6, 6.07) is 2.47. The van der Waals surface area contributed by atoms with Crippen LogP contribution in [-0.4, -0.2) is 18.6 Å². The van der Waals surface area contributed by atoms with Crippen LogP contribution in [-0.2, 0) is 0 Å². The van der Waals surface area contributed by atoms with Gasteiger partial charge in [-0.25, -0.2) is 4.39 Å². The van der Waals surface area contributed by atoms with Gasteiger partial charge in [0.1, 0.15) is 0 Å². The van der Waals surface area contributed by atoms with Crippen LogP contribution in [0.15, 0.2) is 18.2 Å². The maximum absolute atomic E-state index is 13.4. The second-order valence-electron chi connectivity index (χ2n) is 3.67. The third kappa shape index (κ3) is 3.72. The average molecular weight is 264 g/mol. The average Bonchev–Trinajstić information content (AvgIpc) is 2.29. The fourth-order valence-corrected chi connectivity index (χ4v) is 1.25. The molecule has 0 unspecified atom stereocenters. The molecule has 6 heteroatoms. The van der Waals surface area contributed by atoms with Crippen molar-refractivity contribution in [2.24, 2.45) is 0 Å². The molecule has 0 spiro atoms. The Balaban J connectivity index is 2.82. The number of Topliss-reactive ketones (excluding diaryl/α,β-unsaturated/α-hetero) is 1. The Bertz CT molecular complexity index is 427. The lowest BCUT2D eigenvalue weighted by molar-refractivity contribution is -0.0885. The SMILES string of the molecule is CCCCOc1ccc(C(=O)C(F)(F)F)cc1F. The second kappa shape index (κ2) is 5.84. The van der Waals surface area contributed by atoms with E-state index < -0.39 is 23.3 Å². The molecule has 0 saturated carbocycles. The molecule has 1 aromatic rings. The number of carbonyl (C=O) groups is 1. The topological polar surface area (TPSA) is 26.3 Å². The highest BCUT2D eigenvalue weighted by Crippen LogP contribution is 2.25. The first kappa shape index (κ1) is 14.5. The highest BCUT2D eigenvalue weighted by atomic mass is 19.4. The number of rotatable bonds is 5. The summed E-state index contributed by atoms with van der Waals surface area (Å²) in [4.78, 5) is 10.9. The van der Waals surface area contributed by atoms with Crippen LogP contribution < -0.4 is 4.74 Å². The summed E-state index contributed by atoms with van der Waals surface area (Å²) in [5.74, 6) is -3.19. The number of ether oxygens (including phenoxy) is 1. The lowest BCUT2D eigenvalue weighted by atomic mass is 10.1. The van der Waals surface area contributed by atoms with Gasteiger partial charge in [0.15, 0.2) is 11.6 Å². The Kier molecular flexibility index (Phi) is 4.69. The first-order valence-corrected chi connectivity index (χ1v) is 5.40. The van der Waals surface area contributed by atoms with Gasteiger partial charge in [0.05, 0.1) is 6.61 Å². The van der Waals surface area contributed by atoms with E-state index in [1.54, 1.807) is 0 Å². The van der Waals surface area contributed by atoms with E-state index in [0.29, 0.717) is 12.5 Å². The van der Waals surface area contributed by atoms with Crippen molar-refractivity contribution >= 4 is 5.78 Å². The number of ketones is 1. The molecule has 0 radical (unpaired) electrons. The van der Waals surface area contributed by atoms with Crippen LogP contribution in [0, 0.1) is 5.82 Å². The van der Waals surface area contributed by atoms with Crippen molar-refractivity contribution in [2.75, 3.05) is 6.61 Å². The Morgan fingerprint density at radius 3 is 2.50 bits per heavy atom. The molecule has 0 N–H and O–H groups in total. The van der Waals surface area contributed by atoms with Crippen molar-refractivity contribution in [1.29, 1.82) is 0 Å². The number of alkyl halides is 3. The van der Waals surface area contributed by atoms with Crippen LogP contribution in [0.5, 0.6) is 5.75 Å². The van der Waals surface area contributed by atoms with Crippen molar-refractivity contribution in [3.8, 4) is 5.75 Å². The van der Waals surface area contributed by atoms with Crippen LogP contribution in [0.25, 0.3) is 0 Å². The third-order valence-corrected chi connectivity index (χ3v) is 2.21. The Hall–Kier alpha value is -1.59. The van der Waals surface area contributed by atoms with Crippen LogP contribution in [0.1, 0.15) is 30.1 Å². The Morgan fingerprint density at radius 1 is 1.33 bits per heavy atom. The summed E-state index contributed by atoms with van der Waals surface area (Å²) in [6.45, 7) is 2.20. The molecule has 100 valence electrons. The number of unbranched alkanes of at least 4 members (excludes halogenated alkanes) is 1. The minimum atomic E-state index is -5.00. The van der Waals surface area contributed by atoms with E-state index in [0.717, 1.165) is 18.6 Å². The number of hydrogen-bond acceptors (Lipinski definition) is 2. The van der Waals surface area contributed by atoms with E-state index in [2.05, 4.69) is 0 Å². The van der Waals surface area contributed by atoms with Crippen molar-refractivity contribution < 1.29 is 27.1 Å². The summed E-state index contributed by atoms with van der Waals surface area (Å²) in [7, 11) is 0. The molecule has 0 saturated heterocycles. The number of halogens is 4. The first-order valence-electron chi connectivity index (χ1n) is 5.40. The molecular formula is C12H12F4O2. The van der Waals surface area contributed by atoms with E-state index in [1.165, 1.54) is 0 Å². The smallest absolute Gasteiger partial charge is 0.454 e. The molecule has 0 aliphatic rings. The standard InChI is InChI=1S/C12H12F4O2/c1-2-3-6-18-10-5-4-8(7-9(10)13)11(17)12(14,15)16/h4-5,7H,2-3,6H2,1H3. The maximum Gasteiger partial charge on any atom is 0.454 e. The maximum atomic E-state index is 13.4. The summed E-state index contributed by atoms with van der Waals surface area (Å²) in [6.07, 6.45) is -3.44. The Morgan fingerprint density at radius 2 is 2.00 bits per heavy atom. The number of benzene rings is 1. The van der Waals surface area contributed by atoms with Gasteiger partial charge in [0.2, 0.25) is 0 Å². The summed E-state index contributed by atoms with van der Waals surface area (Å²) in [5.41, 5.74) is -0.733. The normalized spacial score (nSPS) is 11.4. The Labute approximate surface area is 102 Å². The fourth-order valence-electron chi connectivity index (χ4n) is 1.25. The third-order valence-electron chi connectivity index (χ3n) is 2.21. The minimum Gasteiger partial charge on any atom is -0.491 e. The van der Waals surface area contributed by atoms with Gasteiger partial charge in [-0.15, -0.1) is 0 Å². The predicted molar refractivity (Wildman–Crippen MR) is 57.2 cm³/mol. The van der Waals surface area contributed by atoms with E-state index in [4.69, 9.17) is 4.74 Å². The predicted octanol–water partition coefficient (Wildman–Crippen LogP) is 3.75. The highest BCUT2D eigenvalue weighted by molar-refractivity contribution is 6.00. The molecule has 0 aromatic heterocycles. The van der Waals surface area contributed by atoms with Crippen LogP contribution in [0.2, 0.25) is 0 Å². The molecule has 0 aliphatic carbocycles. The van der Waals surface area contributed by atoms with Crippen LogP contribution >= 0.6 is 0 Å². The molecule has 2 nitrogen and oxygen atoms in total. The van der Waals surface area contributed by atoms with Crippen LogP contribution in [0.3, 0.4) is 0 Å². The van der Waals surface area contributed by atoms with Crippen molar-refractivity contribution in [1.82, 2.24) is 0 Å². The van der Waals surface area contributed by atoms with Crippen LogP contribution in [0.4, 0.5) is 17.6 Å². The largest absolute Gasteiger partial charge is 0.491 e. The second-order valence-corrected chi connectivity index (χ2v) is 3.67. The van der Waals surface area contributed by atoms with Gasteiger partial charge in [-0.1, -0.05) is 13.3 Å². The molecule has 0 fully saturated rings. The zero-order chi connectivity index (χ0) is 13.8. The van der Waals surface area contributed by atoms with E-state index in [1.807, 2.05) is 6.92 Å². The molecule has 18 heavy (non-hydrogen) atoms. The van der Waals surface area contributed by atoms with E-state index >= 15 is 0 Å².